The van der Waals surface area contributed by atoms with E-state index in [1.54, 1.807) is 43.2 Å². The van der Waals surface area contributed by atoms with Gasteiger partial charge in [-0.2, -0.15) is 0 Å². The predicted molar refractivity (Wildman–Crippen MR) is 156 cm³/mol. The highest BCUT2D eigenvalue weighted by Gasteiger charge is 2.30. The summed E-state index contributed by atoms with van der Waals surface area (Å²) in [5, 5.41) is 2.98. The van der Waals surface area contributed by atoms with E-state index in [1.165, 1.54) is 0 Å². The summed E-state index contributed by atoms with van der Waals surface area (Å²) >= 11 is 0. The molecule has 0 saturated heterocycles. The number of nitrogens with zero attached hydrogens (tertiary/aromatic N) is 1. The molecule has 0 heterocycles. The van der Waals surface area contributed by atoms with Crippen molar-refractivity contribution in [2.24, 2.45) is 0 Å². The van der Waals surface area contributed by atoms with Gasteiger partial charge in [0.15, 0.2) is 0 Å². The topological polar surface area (TPSA) is 105 Å². The van der Waals surface area contributed by atoms with Crippen LogP contribution in [-0.2, 0) is 39.0 Å². The molecule has 3 aromatic carbocycles. The van der Waals surface area contributed by atoms with Crippen molar-refractivity contribution in [2.45, 2.75) is 57.0 Å². The fourth-order valence-corrected chi connectivity index (χ4v) is 5.39. The van der Waals surface area contributed by atoms with Crippen LogP contribution in [0, 0.1) is 0 Å². The van der Waals surface area contributed by atoms with Crippen LogP contribution < -0.4 is 14.8 Å². The molecule has 0 aliphatic heterocycles. The summed E-state index contributed by atoms with van der Waals surface area (Å²) in [6.07, 6.45) is 1.75. The molecular formula is C31H39N3O5S. The van der Waals surface area contributed by atoms with E-state index in [0.717, 1.165) is 23.1 Å². The molecule has 214 valence electrons. The molecule has 0 spiro atoms. The van der Waals surface area contributed by atoms with Crippen LogP contribution in [0.1, 0.15) is 43.4 Å². The number of aryl methyl sites for hydroxylation is 1. The normalized spacial score (nSPS) is 12.0. The van der Waals surface area contributed by atoms with Gasteiger partial charge in [0.05, 0.1) is 12.0 Å². The highest BCUT2D eigenvalue weighted by Crippen LogP contribution is 2.19. The number of carbonyl (C=O) groups is 2. The average molecular weight is 566 g/mol. The van der Waals surface area contributed by atoms with E-state index in [1.807, 2.05) is 61.5 Å². The predicted octanol–water partition coefficient (Wildman–Crippen LogP) is 4.09. The van der Waals surface area contributed by atoms with Gasteiger partial charge < -0.3 is 15.0 Å². The molecule has 3 rings (SSSR count). The Bertz CT molecular complexity index is 1330. The first kappa shape index (κ1) is 30.8. The number of ether oxygens (including phenoxy) is 1. The van der Waals surface area contributed by atoms with Crippen molar-refractivity contribution in [3.05, 3.63) is 95.6 Å². The summed E-state index contributed by atoms with van der Waals surface area (Å²) in [7, 11) is -1.95. The van der Waals surface area contributed by atoms with Crippen molar-refractivity contribution in [2.75, 3.05) is 20.2 Å². The van der Waals surface area contributed by atoms with Crippen LogP contribution >= 0.6 is 0 Å². The lowest BCUT2D eigenvalue weighted by molar-refractivity contribution is -0.141. The molecule has 0 aliphatic rings. The second kappa shape index (κ2) is 15.2. The number of sulfonamides is 1. The largest absolute Gasteiger partial charge is 0.497 e. The van der Waals surface area contributed by atoms with Crippen LogP contribution in [0.25, 0.3) is 0 Å². The van der Waals surface area contributed by atoms with Crippen LogP contribution in [0.4, 0.5) is 0 Å². The summed E-state index contributed by atoms with van der Waals surface area (Å²) in [5.41, 5.74) is 2.68. The monoisotopic (exact) mass is 565 g/mol. The first-order chi connectivity index (χ1) is 19.3. The first-order valence-corrected chi connectivity index (χ1v) is 15.1. The lowest BCUT2D eigenvalue weighted by Gasteiger charge is -2.31. The third-order valence-electron chi connectivity index (χ3n) is 6.53. The lowest BCUT2D eigenvalue weighted by Crippen LogP contribution is -2.50. The van der Waals surface area contributed by atoms with Gasteiger partial charge in [-0.05, 0) is 53.8 Å². The van der Waals surface area contributed by atoms with Gasteiger partial charge >= 0.3 is 0 Å². The van der Waals surface area contributed by atoms with Gasteiger partial charge in [-0.25, -0.2) is 13.1 Å². The smallest absolute Gasteiger partial charge is 0.243 e. The van der Waals surface area contributed by atoms with E-state index in [9.17, 15) is 18.0 Å². The molecule has 3 aromatic rings. The van der Waals surface area contributed by atoms with Crippen LogP contribution in [0.15, 0.2) is 83.8 Å². The maximum Gasteiger partial charge on any atom is 0.243 e. The molecule has 2 N–H and O–H groups in total. The Kier molecular flexibility index (Phi) is 11.7. The molecular weight excluding hydrogens is 526 g/mol. The highest BCUT2D eigenvalue weighted by molar-refractivity contribution is 7.89. The maximum atomic E-state index is 13.8. The number of benzene rings is 3. The fraction of sp³-hybridized carbons (Fsp3) is 0.355. The summed E-state index contributed by atoms with van der Waals surface area (Å²) < 4.78 is 32.3. The van der Waals surface area contributed by atoms with Crippen molar-refractivity contribution in [3.63, 3.8) is 0 Å². The number of rotatable bonds is 15. The Hall–Kier alpha value is -3.69. The van der Waals surface area contributed by atoms with Crippen LogP contribution in [0.3, 0.4) is 0 Å². The van der Waals surface area contributed by atoms with Gasteiger partial charge in [-0.3, -0.25) is 9.59 Å². The van der Waals surface area contributed by atoms with E-state index in [4.69, 9.17) is 4.74 Å². The molecule has 0 radical (unpaired) electrons. The molecule has 9 heteroatoms. The van der Waals surface area contributed by atoms with Gasteiger partial charge in [0.2, 0.25) is 21.8 Å². The average Bonchev–Trinajstić information content (AvgIpc) is 2.97. The minimum absolute atomic E-state index is 0.159. The van der Waals surface area contributed by atoms with E-state index >= 15 is 0 Å². The molecule has 0 aromatic heterocycles. The zero-order valence-corrected chi connectivity index (χ0v) is 24.2. The summed E-state index contributed by atoms with van der Waals surface area (Å²) in [5.74, 6) is 0.362. The highest BCUT2D eigenvalue weighted by atomic mass is 32.2. The van der Waals surface area contributed by atoms with Gasteiger partial charge in [-0.15, -0.1) is 0 Å². The SMILES string of the molecule is CCCNC(=O)[C@H](Cc1ccccc1)N(Cc1ccc(OC)cc1)C(=O)CCc1ccc(S(=O)(=O)NCC)cc1. The molecule has 1 atom stereocenters. The first-order valence-electron chi connectivity index (χ1n) is 13.6. The quantitative estimate of drug-likeness (QED) is 0.289. The Morgan fingerprint density at radius 3 is 2.12 bits per heavy atom. The minimum atomic E-state index is -3.55. The summed E-state index contributed by atoms with van der Waals surface area (Å²) in [4.78, 5) is 29.0. The molecule has 2 amide bonds. The van der Waals surface area contributed by atoms with E-state index in [-0.39, 0.29) is 29.7 Å². The Morgan fingerprint density at radius 2 is 1.52 bits per heavy atom. The minimum Gasteiger partial charge on any atom is -0.497 e. The van der Waals surface area contributed by atoms with Crippen molar-refractivity contribution < 1.29 is 22.7 Å². The van der Waals surface area contributed by atoms with E-state index < -0.39 is 16.1 Å². The third kappa shape index (κ3) is 8.93. The Balaban J connectivity index is 1.86. The standard InChI is InChI=1S/C31H39N3O5S/c1-4-21-32-31(36)29(22-25-9-7-6-8-10-25)34(23-26-11-16-27(39-3)17-12-26)30(35)20-15-24-13-18-28(19-14-24)40(37,38)33-5-2/h6-14,16-19,29,33H,4-5,15,20-23H2,1-3H3,(H,32,36)/t29-/m0/s1. The second-order valence-corrected chi connectivity index (χ2v) is 11.3. The summed E-state index contributed by atoms with van der Waals surface area (Å²) in [6, 6.07) is 23.0. The molecule has 0 saturated carbocycles. The van der Waals surface area contributed by atoms with Crippen LogP contribution in [0.2, 0.25) is 0 Å². The Morgan fingerprint density at radius 1 is 0.875 bits per heavy atom. The Labute approximate surface area is 237 Å². The number of amides is 2. The fourth-order valence-electron chi connectivity index (χ4n) is 4.35. The van der Waals surface area contributed by atoms with Crippen molar-refractivity contribution in [1.82, 2.24) is 14.9 Å². The summed E-state index contributed by atoms with van der Waals surface area (Å²) in [6.45, 7) is 4.81. The maximum absolute atomic E-state index is 13.8. The van der Waals surface area contributed by atoms with Crippen LogP contribution in [0.5, 0.6) is 5.75 Å². The van der Waals surface area contributed by atoms with Crippen molar-refractivity contribution >= 4 is 21.8 Å². The number of carbonyl (C=O) groups excluding carboxylic acids is 2. The van der Waals surface area contributed by atoms with Gasteiger partial charge in [0.1, 0.15) is 11.8 Å². The third-order valence-corrected chi connectivity index (χ3v) is 8.09. The number of nitrogens with one attached hydrogen (secondary N) is 2. The van der Waals surface area contributed by atoms with Gasteiger partial charge in [0.25, 0.3) is 0 Å². The van der Waals surface area contributed by atoms with Crippen molar-refractivity contribution in [1.29, 1.82) is 0 Å². The zero-order valence-electron chi connectivity index (χ0n) is 23.4. The van der Waals surface area contributed by atoms with Crippen LogP contribution in [-0.4, -0.2) is 51.4 Å². The molecule has 40 heavy (non-hydrogen) atoms. The lowest BCUT2D eigenvalue weighted by atomic mass is 10.0. The van der Waals surface area contributed by atoms with Crippen molar-refractivity contribution in [3.8, 4) is 5.75 Å². The molecule has 0 unspecified atom stereocenters. The van der Waals surface area contributed by atoms with Gasteiger partial charge in [0, 0.05) is 32.5 Å². The number of hydrogen-bond donors (Lipinski definition) is 2. The number of methoxy groups -OCH3 is 1. The zero-order chi connectivity index (χ0) is 29.0. The van der Waals surface area contributed by atoms with E-state index in [0.29, 0.717) is 31.7 Å². The molecule has 0 aliphatic carbocycles. The second-order valence-electron chi connectivity index (χ2n) is 9.51. The van der Waals surface area contributed by atoms with E-state index in [2.05, 4.69) is 10.0 Å². The number of hydrogen-bond acceptors (Lipinski definition) is 5. The molecule has 0 bridgehead atoms. The molecule has 0 fully saturated rings. The van der Waals surface area contributed by atoms with Gasteiger partial charge in [-0.1, -0.05) is 68.4 Å². The molecule has 8 nitrogen and oxygen atoms in total.